The monoisotopic (exact) mass is 346 g/mol. The van der Waals surface area contributed by atoms with Crippen LogP contribution in [-0.2, 0) is 4.79 Å². The fraction of sp³-hybridized carbons (Fsp3) is 0.300. The predicted molar refractivity (Wildman–Crippen MR) is 69.0 cm³/mol. The van der Waals surface area contributed by atoms with Crippen molar-refractivity contribution < 1.29 is 28.0 Å². The average molecular weight is 347 g/mol. The minimum atomic E-state index is -4.70. The van der Waals surface area contributed by atoms with E-state index in [4.69, 9.17) is 28.3 Å². The van der Waals surface area contributed by atoms with Gasteiger partial charge in [-0.2, -0.15) is 13.2 Å². The maximum Gasteiger partial charge on any atom is 0.405 e. The highest BCUT2D eigenvalue weighted by Gasteiger charge is 2.34. The van der Waals surface area contributed by atoms with Gasteiger partial charge >= 0.3 is 12.1 Å². The first kappa shape index (κ1) is 17.3. The van der Waals surface area contributed by atoms with Gasteiger partial charge in [0, 0.05) is 12.1 Å². The number of nitro groups is 1. The fourth-order valence-electron chi connectivity index (χ4n) is 1.55. The minimum absolute atomic E-state index is 0.386. The van der Waals surface area contributed by atoms with Gasteiger partial charge < -0.3 is 10.0 Å². The minimum Gasteiger partial charge on any atom is -0.480 e. The van der Waals surface area contributed by atoms with Gasteiger partial charge in [0.05, 0.1) is 20.7 Å². The van der Waals surface area contributed by atoms with Crippen LogP contribution in [0.15, 0.2) is 12.1 Å². The Labute approximate surface area is 125 Å². The Morgan fingerprint density at radius 3 is 2.14 bits per heavy atom. The van der Waals surface area contributed by atoms with Crippen LogP contribution < -0.4 is 4.90 Å². The lowest BCUT2D eigenvalue weighted by Gasteiger charge is -2.25. The van der Waals surface area contributed by atoms with Gasteiger partial charge in [-0.15, -0.1) is 0 Å². The summed E-state index contributed by atoms with van der Waals surface area (Å²) in [5, 5.41) is 18.4. The summed E-state index contributed by atoms with van der Waals surface area (Å²) in [6, 6.07) is 1.60. The number of rotatable bonds is 5. The molecule has 1 aromatic rings. The molecule has 0 aliphatic carbocycles. The summed E-state index contributed by atoms with van der Waals surface area (Å²) in [4.78, 5) is 20.8. The van der Waals surface area contributed by atoms with Crippen LogP contribution in [0.25, 0.3) is 0 Å². The van der Waals surface area contributed by atoms with Crippen LogP contribution in [0.3, 0.4) is 0 Å². The topological polar surface area (TPSA) is 83.7 Å². The van der Waals surface area contributed by atoms with Crippen molar-refractivity contribution in [1.29, 1.82) is 0 Å². The highest BCUT2D eigenvalue weighted by atomic mass is 35.5. The van der Waals surface area contributed by atoms with E-state index in [9.17, 15) is 28.1 Å². The van der Waals surface area contributed by atoms with Gasteiger partial charge in [-0.3, -0.25) is 14.9 Å². The molecular weight excluding hydrogens is 340 g/mol. The summed E-state index contributed by atoms with van der Waals surface area (Å²) in [6.45, 7) is -2.63. The highest BCUT2D eigenvalue weighted by Crippen LogP contribution is 2.38. The lowest BCUT2D eigenvalue weighted by Crippen LogP contribution is -2.38. The van der Waals surface area contributed by atoms with Crippen LogP contribution in [0.5, 0.6) is 0 Å². The van der Waals surface area contributed by atoms with Gasteiger partial charge in [-0.1, -0.05) is 23.2 Å². The van der Waals surface area contributed by atoms with Crippen molar-refractivity contribution in [3.8, 4) is 0 Å². The number of non-ortho nitro benzene ring substituents is 1. The maximum absolute atomic E-state index is 12.5. The van der Waals surface area contributed by atoms with Gasteiger partial charge in [0.2, 0.25) is 0 Å². The summed E-state index contributed by atoms with van der Waals surface area (Å²) in [6.07, 6.45) is -4.70. The second kappa shape index (κ2) is 6.35. The molecule has 0 spiro atoms. The molecule has 0 aliphatic heterocycles. The lowest BCUT2D eigenvalue weighted by atomic mass is 10.2. The van der Waals surface area contributed by atoms with Gasteiger partial charge in [-0.05, 0) is 0 Å². The first-order chi connectivity index (χ1) is 9.51. The third-order valence-electron chi connectivity index (χ3n) is 2.22. The molecule has 0 amide bonds. The number of carbonyl (C=O) groups is 1. The van der Waals surface area contributed by atoms with Crippen molar-refractivity contribution in [2.45, 2.75) is 6.18 Å². The van der Waals surface area contributed by atoms with E-state index in [0.29, 0.717) is 4.90 Å². The SMILES string of the molecule is O=C(O)CN(CC(F)(F)F)c1c(Cl)cc([N+](=O)[O-])cc1Cl. The number of alkyl halides is 3. The molecule has 0 radical (unpaired) electrons. The van der Waals surface area contributed by atoms with Gasteiger partial charge in [0.25, 0.3) is 5.69 Å². The molecule has 0 atom stereocenters. The number of carboxylic acids is 1. The molecule has 0 heterocycles. The molecule has 21 heavy (non-hydrogen) atoms. The third-order valence-corrected chi connectivity index (χ3v) is 2.80. The summed E-state index contributed by atoms with van der Waals surface area (Å²) in [5.41, 5.74) is -0.945. The number of carboxylic acid groups (broad SMARTS) is 1. The van der Waals surface area contributed by atoms with Crippen LogP contribution in [0.2, 0.25) is 10.0 Å². The molecule has 0 aliphatic rings. The van der Waals surface area contributed by atoms with Crippen LogP contribution in [0.1, 0.15) is 0 Å². The molecule has 0 saturated heterocycles. The zero-order valence-electron chi connectivity index (χ0n) is 10.0. The van der Waals surface area contributed by atoms with Crippen molar-refractivity contribution in [3.63, 3.8) is 0 Å². The molecular formula is C10H7Cl2F3N2O4. The Balaban J connectivity index is 3.30. The molecule has 0 bridgehead atoms. The zero-order valence-corrected chi connectivity index (χ0v) is 11.5. The molecule has 1 rings (SSSR count). The van der Waals surface area contributed by atoms with Crippen molar-refractivity contribution in [3.05, 3.63) is 32.3 Å². The first-order valence-corrected chi connectivity index (χ1v) is 5.94. The van der Waals surface area contributed by atoms with E-state index in [-0.39, 0.29) is 0 Å². The number of nitro benzene ring substituents is 1. The van der Waals surface area contributed by atoms with E-state index in [1.165, 1.54) is 0 Å². The standard InChI is InChI=1S/C10H7Cl2F3N2O4/c11-6-1-5(17(20)21)2-7(12)9(6)16(3-8(18)19)4-10(13,14)15/h1-2H,3-4H2,(H,18,19). The van der Waals surface area contributed by atoms with E-state index in [0.717, 1.165) is 12.1 Å². The number of halogens is 5. The first-order valence-electron chi connectivity index (χ1n) is 5.18. The van der Waals surface area contributed by atoms with E-state index in [2.05, 4.69) is 0 Å². The predicted octanol–water partition coefficient (Wildman–Crippen LogP) is 3.35. The Bertz CT molecular complexity index is 557. The van der Waals surface area contributed by atoms with Crippen molar-refractivity contribution in [1.82, 2.24) is 0 Å². The third kappa shape index (κ3) is 4.94. The fourth-order valence-corrected chi connectivity index (χ4v) is 2.27. The maximum atomic E-state index is 12.5. The zero-order chi connectivity index (χ0) is 16.4. The van der Waals surface area contributed by atoms with Crippen LogP contribution >= 0.6 is 23.2 Å². The second-order valence-corrected chi connectivity index (χ2v) is 4.69. The Morgan fingerprint density at radius 1 is 1.33 bits per heavy atom. The smallest absolute Gasteiger partial charge is 0.405 e. The van der Waals surface area contributed by atoms with E-state index < -0.39 is 51.6 Å². The number of benzene rings is 1. The number of hydrogen-bond donors (Lipinski definition) is 1. The normalized spacial score (nSPS) is 11.3. The summed E-state index contributed by atoms with van der Waals surface area (Å²) < 4.78 is 37.5. The number of hydrogen-bond acceptors (Lipinski definition) is 4. The Kier molecular flexibility index (Phi) is 5.24. The Morgan fingerprint density at radius 2 is 1.81 bits per heavy atom. The lowest BCUT2D eigenvalue weighted by molar-refractivity contribution is -0.384. The molecule has 0 fully saturated rings. The number of anilines is 1. The van der Waals surface area contributed by atoms with Gasteiger partial charge in [0.1, 0.15) is 13.1 Å². The van der Waals surface area contributed by atoms with E-state index in [1.54, 1.807) is 0 Å². The van der Waals surface area contributed by atoms with Gasteiger partial charge in [-0.25, -0.2) is 0 Å². The average Bonchev–Trinajstić information content (AvgIpc) is 2.24. The number of aliphatic carboxylic acids is 1. The molecule has 0 unspecified atom stereocenters. The largest absolute Gasteiger partial charge is 0.480 e. The molecule has 0 saturated carbocycles. The Hall–Kier alpha value is -1.74. The molecule has 116 valence electrons. The molecule has 1 N–H and O–H groups in total. The van der Waals surface area contributed by atoms with Crippen molar-refractivity contribution in [2.75, 3.05) is 18.0 Å². The molecule has 1 aromatic carbocycles. The summed E-state index contributed by atoms with van der Waals surface area (Å²) in [7, 11) is 0. The van der Waals surface area contributed by atoms with Crippen molar-refractivity contribution in [2.24, 2.45) is 0 Å². The molecule has 6 nitrogen and oxygen atoms in total. The van der Waals surface area contributed by atoms with Crippen LogP contribution in [-0.4, -0.2) is 35.3 Å². The molecule has 11 heteroatoms. The summed E-state index contributed by atoms with van der Waals surface area (Å²) in [5.74, 6) is -1.54. The van der Waals surface area contributed by atoms with E-state index in [1.807, 2.05) is 0 Å². The van der Waals surface area contributed by atoms with E-state index >= 15 is 0 Å². The second-order valence-electron chi connectivity index (χ2n) is 3.88. The van der Waals surface area contributed by atoms with Gasteiger partial charge in [0.15, 0.2) is 0 Å². The van der Waals surface area contributed by atoms with Crippen LogP contribution in [0, 0.1) is 10.1 Å². The van der Waals surface area contributed by atoms with Crippen LogP contribution in [0.4, 0.5) is 24.5 Å². The van der Waals surface area contributed by atoms with Crippen molar-refractivity contribution >= 4 is 40.5 Å². The highest BCUT2D eigenvalue weighted by molar-refractivity contribution is 6.39. The summed E-state index contributed by atoms with van der Waals surface area (Å²) >= 11 is 11.4. The number of nitrogens with zero attached hydrogens (tertiary/aromatic N) is 2. The molecule has 0 aromatic heterocycles. The quantitative estimate of drug-likeness (QED) is 0.652.